The van der Waals surface area contributed by atoms with Crippen LogP contribution >= 0.6 is 0 Å². The number of aryl methyl sites for hydroxylation is 3. The summed E-state index contributed by atoms with van der Waals surface area (Å²) in [6.07, 6.45) is 2.28. The van der Waals surface area contributed by atoms with E-state index in [-0.39, 0.29) is 5.78 Å². The number of ketones is 1. The summed E-state index contributed by atoms with van der Waals surface area (Å²) in [5.74, 6) is 2.02. The van der Waals surface area contributed by atoms with Gasteiger partial charge in [0.25, 0.3) is 0 Å². The average Bonchev–Trinajstić information content (AvgIpc) is 3.36. The lowest BCUT2D eigenvalue weighted by atomic mass is 9.97. The number of nitrogens with zero attached hydrogens (tertiary/aromatic N) is 3. The highest BCUT2D eigenvalue weighted by molar-refractivity contribution is 6.15. The van der Waals surface area contributed by atoms with E-state index in [1.54, 1.807) is 6.07 Å². The number of fused-ring (bicyclic) bond motifs is 1. The maximum Gasteiger partial charge on any atom is 0.213 e. The van der Waals surface area contributed by atoms with Crippen LogP contribution in [-0.4, -0.2) is 25.9 Å². The van der Waals surface area contributed by atoms with Crippen molar-refractivity contribution in [1.82, 2.24) is 20.1 Å². The highest BCUT2D eigenvalue weighted by Crippen LogP contribution is 2.40. The van der Waals surface area contributed by atoms with Crippen LogP contribution in [0, 0.1) is 20.8 Å². The molecule has 5 rings (SSSR count). The molecule has 1 saturated carbocycles. The first kappa shape index (κ1) is 16.9. The molecule has 0 radical (unpaired) electrons. The van der Waals surface area contributed by atoms with Gasteiger partial charge >= 0.3 is 0 Å². The Labute approximate surface area is 162 Å². The van der Waals surface area contributed by atoms with Crippen LogP contribution in [-0.2, 0) is 0 Å². The molecule has 3 aromatic heterocycles. The third-order valence-corrected chi connectivity index (χ3v) is 5.26. The molecule has 6 nitrogen and oxygen atoms in total. The van der Waals surface area contributed by atoms with Gasteiger partial charge in [0.1, 0.15) is 17.3 Å². The van der Waals surface area contributed by atoms with Crippen molar-refractivity contribution in [2.24, 2.45) is 0 Å². The lowest BCUT2D eigenvalue weighted by Crippen LogP contribution is -2.06. The van der Waals surface area contributed by atoms with Crippen molar-refractivity contribution in [3.8, 4) is 11.1 Å². The van der Waals surface area contributed by atoms with E-state index in [1.165, 1.54) is 0 Å². The van der Waals surface area contributed by atoms with Gasteiger partial charge < -0.3 is 9.51 Å². The molecule has 0 aliphatic heterocycles. The van der Waals surface area contributed by atoms with Gasteiger partial charge in [-0.2, -0.15) is 0 Å². The van der Waals surface area contributed by atoms with E-state index in [0.717, 1.165) is 52.5 Å². The number of imidazole rings is 1. The molecule has 0 atom stereocenters. The summed E-state index contributed by atoms with van der Waals surface area (Å²) in [6.45, 7) is 5.67. The standard InChI is InChI=1S/C22H20N4O2/c1-11-5-4-6-17(23-11)21(27)16-9-15(19-12(2)26-28-13(19)3)10-18-20(16)25-22(24-18)14-7-8-14/h4-6,9-10,14H,7-8H2,1-3H3,(H,24,25). The molecule has 140 valence electrons. The van der Waals surface area contributed by atoms with Crippen LogP contribution in [0.5, 0.6) is 0 Å². The fourth-order valence-electron chi connectivity index (χ4n) is 3.71. The number of benzene rings is 1. The summed E-state index contributed by atoms with van der Waals surface area (Å²) < 4.78 is 5.34. The van der Waals surface area contributed by atoms with Gasteiger partial charge in [-0.25, -0.2) is 9.97 Å². The van der Waals surface area contributed by atoms with Crippen molar-refractivity contribution in [2.45, 2.75) is 39.5 Å². The van der Waals surface area contributed by atoms with E-state index in [1.807, 2.05) is 45.0 Å². The van der Waals surface area contributed by atoms with E-state index in [9.17, 15) is 4.79 Å². The molecule has 1 fully saturated rings. The topological polar surface area (TPSA) is 84.7 Å². The molecule has 0 unspecified atom stereocenters. The summed E-state index contributed by atoms with van der Waals surface area (Å²) in [6, 6.07) is 9.40. The highest BCUT2D eigenvalue weighted by atomic mass is 16.5. The Kier molecular flexibility index (Phi) is 3.69. The van der Waals surface area contributed by atoms with E-state index in [2.05, 4.69) is 15.1 Å². The molecule has 1 aromatic carbocycles. The number of pyridine rings is 1. The van der Waals surface area contributed by atoms with Gasteiger partial charge in [0, 0.05) is 17.2 Å². The number of carbonyl (C=O) groups is 1. The van der Waals surface area contributed by atoms with Crippen LogP contribution in [0.3, 0.4) is 0 Å². The first-order chi connectivity index (χ1) is 13.5. The Bertz CT molecular complexity index is 1210. The van der Waals surface area contributed by atoms with Gasteiger partial charge in [-0.1, -0.05) is 11.2 Å². The molecule has 4 aromatic rings. The largest absolute Gasteiger partial charge is 0.361 e. The second-order valence-electron chi connectivity index (χ2n) is 7.51. The number of nitrogens with one attached hydrogen (secondary N) is 1. The first-order valence-electron chi connectivity index (χ1n) is 9.46. The molecular formula is C22H20N4O2. The number of aromatic nitrogens is 4. The lowest BCUT2D eigenvalue weighted by molar-refractivity contribution is 0.103. The van der Waals surface area contributed by atoms with E-state index < -0.39 is 0 Å². The maximum absolute atomic E-state index is 13.3. The second kappa shape index (κ2) is 6.12. The molecule has 28 heavy (non-hydrogen) atoms. The quantitative estimate of drug-likeness (QED) is 0.527. The number of carbonyl (C=O) groups excluding carboxylic acids is 1. The molecule has 3 heterocycles. The van der Waals surface area contributed by atoms with E-state index in [4.69, 9.17) is 9.51 Å². The Morgan fingerprint density at radius 1 is 1.14 bits per heavy atom. The third kappa shape index (κ3) is 2.72. The summed E-state index contributed by atoms with van der Waals surface area (Å²) >= 11 is 0. The number of H-pyrrole nitrogens is 1. The molecule has 1 aliphatic rings. The average molecular weight is 372 g/mol. The normalized spacial score (nSPS) is 14.0. The van der Waals surface area contributed by atoms with Gasteiger partial charge in [0.05, 0.1) is 22.3 Å². The summed E-state index contributed by atoms with van der Waals surface area (Å²) in [5.41, 5.74) is 5.94. The SMILES string of the molecule is Cc1cccc(C(=O)c2cc(-c3c(C)noc3C)cc3[nH]c(C4CC4)nc23)n1. The van der Waals surface area contributed by atoms with E-state index in [0.29, 0.717) is 22.7 Å². The smallest absolute Gasteiger partial charge is 0.213 e. The van der Waals surface area contributed by atoms with Crippen molar-refractivity contribution >= 4 is 16.8 Å². The second-order valence-corrected chi connectivity index (χ2v) is 7.51. The molecule has 6 heteroatoms. The van der Waals surface area contributed by atoms with E-state index >= 15 is 0 Å². The summed E-state index contributed by atoms with van der Waals surface area (Å²) in [4.78, 5) is 26.0. The van der Waals surface area contributed by atoms with Crippen LogP contribution in [0.25, 0.3) is 22.2 Å². The summed E-state index contributed by atoms with van der Waals surface area (Å²) in [5, 5.41) is 4.06. The van der Waals surface area contributed by atoms with Gasteiger partial charge in [0.2, 0.25) is 5.78 Å². The van der Waals surface area contributed by atoms with Gasteiger partial charge in [-0.15, -0.1) is 0 Å². The molecule has 1 aliphatic carbocycles. The number of rotatable bonds is 4. The van der Waals surface area contributed by atoms with Crippen molar-refractivity contribution in [2.75, 3.05) is 0 Å². The fraction of sp³-hybridized carbons (Fsp3) is 0.273. The molecule has 0 amide bonds. The van der Waals surface area contributed by atoms with Crippen LogP contribution in [0.2, 0.25) is 0 Å². The Morgan fingerprint density at radius 2 is 1.96 bits per heavy atom. The number of hydrogen-bond acceptors (Lipinski definition) is 5. The number of aromatic amines is 1. The zero-order valence-corrected chi connectivity index (χ0v) is 16.0. The Balaban J connectivity index is 1.74. The lowest BCUT2D eigenvalue weighted by Gasteiger charge is -2.07. The minimum absolute atomic E-state index is 0.129. The fourth-order valence-corrected chi connectivity index (χ4v) is 3.71. The summed E-state index contributed by atoms with van der Waals surface area (Å²) in [7, 11) is 0. The van der Waals surface area contributed by atoms with Crippen LogP contribution in [0.4, 0.5) is 0 Å². The minimum atomic E-state index is -0.129. The predicted octanol–water partition coefficient (Wildman–Crippen LogP) is 4.65. The Morgan fingerprint density at radius 3 is 2.64 bits per heavy atom. The molecule has 0 saturated heterocycles. The van der Waals surface area contributed by atoms with Crippen LogP contribution < -0.4 is 0 Å². The molecule has 1 N–H and O–H groups in total. The van der Waals surface area contributed by atoms with Gasteiger partial charge in [-0.05, 0) is 63.4 Å². The van der Waals surface area contributed by atoms with Gasteiger partial charge in [0.15, 0.2) is 0 Å². The predicted molar refractivity (Wildman–Crippen MR) is 105 cm³/mol. The van der Waals surface area contributed by atoms with Crippen molar-refractivity contribution in [3.05, 3.63) is 64.6 Å². The first-order valence-corrected chi connectivity index (χ1v) is 9.46. The molecule has 0 bridgehead atoms. The molecule has 0 spiro atoms. The zero-order valence-electron chi connectivity index (χ0n) is 16.0. The Hall–Kier alpha value is -3.28. The number of hydrogen-bond donors (Lipinski definition) is 1. The third-order valence-electron chi connectivity index (χ3n) is 5.26. The maximum atomic E-state index is 13.3. The van der Waals surface area contributed by atoms with Crippen molar-refractivity contribution < 1.29 is 9.32 Å². The van der Waals surface area contributed by atoms with Crippen molar-refractivity contribution in [1.29, 1.82) is 0 Å². The highest BCUT2D eigenvalue weighted by Gasteiger charge is 2.28. The van der Waals surface area contributed by atoms with Crippen LogP contribution in [0.15, 0.2) is 34.9 Å². The van der Waals surface area contributed by atoms with Crippen molar-refractivity contribution in [3.63, 3.8) is 0 Å². The molecular weight excluding hydrogens is 352 g/mol. The van der Waals surface area contributed by atoms with Gasteiger partial charge in [-0.3, -0.25) is 4.79 Å². The monoisotopic (exact) mass is 372 g/mol. The minimum Gasteiger partial charge on any atom is -0.361 e. The zero-order chi connectivity index (χ0) is 19.4. The van der Waals surface area contributed by atoms with Crippen LogP contribution in [0.1, 0.15) is 57.8 Å².